The van der Waals surface area contributed by atoms with Crippen molar-refractivity contribution in [3.8, 4) is 6.07 Å². The molecule has 17 heavy (non-hydrogen) atoms. The zero-order chi connectivity index (χ0) is 12.7. The molecule has 0 aliphatic carbocycles. The van der Waals surface area contributed by atoms with Crippen molar-refractivity contribution in [2.24, 2.45) is 0 Å². The highest BCUT2D eigenvalue weighted by Crippen LogP contribution is 2.12. The molecule has 1 unspecified atom stereocenters. The van der Waals surface area contributed by atoms with E-state index in [1.165, 1.54) is 12.1 Å². The second-order valence-electron chi connectivity index (χ2n) is 3.59. The Labute approximate surface area is 99.4 Å². The summed E-state index contributed by atoms with van der Waals surface area (Å²) in [5, 5.41) is 13.6. The molecule has 1 aromatic rings. The highest BCUT2D eigenvalue weighted by molar-refractivity contribution is 5.78. The standard InChI is InChI=1S/C12H14FN3O/c1-9(10-3-2-4-11(13)7-10)16-8-12(17)15-6-5-14/h2-4,7,9,16H,6,8H2,1H3,(H,15,17). The first-order valence-corrected chi connectivity index (χ1v) is 5.26. The number of carbonyl (C=O) groups is 1. The van der Waals surface area contributed by atoms with Crippen molar-refractivity contribution >= 4 is 5.91 Å². The van der Waals surface area contributed by atoms with Crippen LogP contribution in [-0.2, 0) is 4.79 Å². The van der Waals surface area contributed by atoms with E-state index in [1.54, 1.807) is 12.1 Å². The summed E-state index contributed by atoms with van der Waals surface area (Å²) >= 11 is 0. The number of benzene rings is 1. The minimum atomic E-state index is -0.301. The molecule has 1 aromatic carbocycles. The van der Waals surface area contributed by atoms with Gasteiger partial charge in [0.15, 0.2) is 0 Å². The van der Waals surface area contributed by atoms with Gasteiger partial charge in [-0.3, -0.25) is 4.79 Å². The van der Waals surface area contributed by atoms with Gasteiger partial charge in [0.1, 0.15) is 12.4 Å². The summed E-state index contributed by atoms with van der Waals surface area (Å²) in [6.45, 7) is 1.93. The molecule has 1 rings (SSSR count). The van der Waals surface area contributed by atoms with Crippen molar-refractivity contribution in [3.63, 3.8) is 0 Å². The first-order chi connectivity index (χ1) is 8.13. The lowest BCUT2D eigenvalue weighted by molar-refractivity contribution is -0.120. The Morgan fingerprint density at radius 3 is 3.00 bits per heavy atom. The van der Waals surface area contributed by atoms with Crippen molar-refractivity contribution in [2.45, 2.75) is 13.0 Å². The van der Waals surface area contributed by atoms with Crippen LogP contribution in [0.1, 0.15) is 18.5 Å². The Morgan fingerprint density at radius 1 is 1.59 bits per heavy atom. The number of rotatable bonds is 5. The van der Waals surface area contributed by atoms with Crippen molar-refractivity contribution in [3.05, 3.63) is 35.6 Å². The maximum absolute atomic E-state index is 12.9. The smallest absolute Gasteiger partial charge is 0.234 e. The zero-order valence-corrected chi connectivity index (χ0v) is 9.53. The van der Waals surface area contributed by atoms with Crippen LogP contribution in [-0.4, -0.2) is 19.0 Å². The van der Waals surface area contributed by atoms with Crippen LogP contribution in [0.3, 0.4) is 0 Å². The van der Waals surface area contributed by atoms with Crippen molar-refractivity contribution in [1.82, 2.24) is 10.6 Å². The van der Waals surface area contributed by atoms with Gasteiger partial charge in [-0.25, -0.2) is 4.39 Å². The highest BCUT2D eigenvalue weighted by Gasteiger charge is 2.07. The van der Waals surface area contributed by atoms with Crippen molar-refractivity contribution in [2.75, 3.05) is 13.1 Å². The molecule has 0 saturated carbocycles. The lowest BCUT2D eigenvalue weighted by Crippen LogP contribution is -2.35. The van der Waals surface area contributed by atoms with E-state index >= 15 is 0 Å². The topological polar surface area (TPSA) is 64.9 Å². The zero-order valence-electron chi connectivity index (χ0n) is 9.53. The molecule has 5 heteroatoms. The van der Waals surface area contributed by atoms with Gasteiger partial charge in [0, 0.05) is 6.04 Å². The largest absolute Gasteiger partial charge is 0.342 e. The summed E-state index contributed by atoms with van der Waals surface area (Å²) in [5.74, 6) is -0.556. The molecule has 0 aliphatic heterocycles. The van der Waals surface area contributed by atoms with E-state index in [4.69, 9.17) is 5.26 Å². The number of carbonyl (C=O) groups excluding carboxylic acids is 1. The Morgan fingerprint density at radius 2 is 2.35 bits per heavy atom. The molecule has 0 saturated heterocycles. The first-order valence-electron chi connectivity index (χ1n) is 5.26. The van der Waals surface area contributed by atoms with E-state index in [9.17, 15) is 9.18 Å². The normalized spacial score (nSPS) is 11.6. The van der Waals surface area contributed by atoms with Crippen molar-refractivity contribution < 1.29 is 9.18 Å². The Balaban J connectivity index is 2.42. The van der Waals surface area contributed by atoms with Crippen LogP contribution in [0, 0.1) is 17.1 Å². The summed E-state index contributed by atoms with van der Waals surface area (Å²) in [7, 11) is 0. The van der Waals surface area contributed by atoms with E-state index < -0.39 is 0 Å². The fourth-order valence-electron chi connectivity index (χ4n) is 1.34. The summed E-state index contributed by atoms with van der Waals surface area (Å²) in [6.07, 6.45) is 0. The van der Waals surface area contributed by atoms with Crippen molar-refractivity contribution in [1.29, 1.82) is 5.26 Å². The monoisotopic (exact) mass is 235 g/mol. The molecular formula is C12H14FN3O. The van der Waals surface area contributed by atoms with Gasteiger partial charge in [0.05, 0.1) is 12.6 Å². The molecule has 1 amide bonds. The summed E-state index contributed by atoms with van der Waals surface area (Å²) in [6, 6.07) is 7.89. The van der Waals surface area contributed by atoms with Crippen LogP contribution in [0.2, 0.25) is 0 Å². The van der Waals surface area contributed by atoms with E-state index in [0.29, 0.717) is 0 Å². The molecule has 0 heterocycles. The molecule has 2 N–H and O–H groups in total. The molecule has 0 spiro atoms. The molecule has 0 radical (unpaired) electrons. The van der Waals surface area contributed by atoms with Gasteiger partial charge in [-0.15, -0.1) is 0 Å². The van der Waals surface area contributed by atoms with Gasteiger partial charge in [-0.2, -0.15) is 5.26 Å². The van der Waals surface area contributed by atoms with Gasteiger partial charge in [-0.05, 0) is 24.6 Å². The number of halogens is 1. The van der Waals surface area contributed by atoms with Gasteiger partial charge < -0.3 is 10.6 Å². The number of hydrogen-bond acceptors (Lipinski definition) is 3. The quantitative estimate of drug-likeness (QED) is 0.751. The Bertz CT molecular complexity index is 428. The number of nitrogens with zero attached hydrogens (tertiary/aromatic N) is 1. The predicted molar refractivity (Wildman–Crippen MR) is 61.4 cm³/mol. The van der Waals surface area contributed by atoms with Crippen LogP contribution in [0.15, 0.2) is 24.3 Å². The lowest BCUT2D eigenvalue weighted by Gasteiger charge is -2.13. The van der Waals surface area contributed by atoms with Crippen LogP contribution >= 0.6 is 0 Å². The third-order valence-corrected chi connectivity index (χ3v) is 2.28. The van der Waals surface area contributed by atoms with Gasteiger partial charge >= 0.3 is 0 Å². The molecule has 0 fully saturated rings. The predicted octanol–water partition coefficient (Wildman–Crippen LogP) is 1.12. The maximum Gasteiger partial charge on any atom is 0.234 e. The third kappa shape index (κ3) is 4.62. The Kier molecular flexibility index (Phi) is 5.11. The van der Waals surface area contributed by atoms with Crippen LogP contribution in [0.5, 0.6) is 0 Å². The average Bonchev–Trinajstić information content (AvgIpc) is 2.33. The first kappa shape index (κ1) is 13.1. The fourth-order valence-corrected chi connectivity index (χ4v) is 1.34. The lowest BCUT2D eigenvalue weighted by atomic mass is 10.1. The molecule has 1 atom stereocenters. The fraction of sp³-hybridized carbons (Fsp3) is 0.333. The highest BCUT2D eigenvalue weighted by atomic mass is 19.1. The third-order valence-electron chi connectivity index (χ3n) is 2.28. The van der Waals surface area contributed by atoms with Gasteiger partial charge in [0.2, 0.25) is 5.91 Å². The van der Waals surface area contributed by atoms with E-state index in [2.05, 4.69) is 10.6 Å². The minimum absolute atomic E-state index is 0.00510. The van der Waals surface area contributed by atoms with Gasteiger partial charge in [0.25, 0.3) is 0 Å². The van der Waals surface area contributed by atoms with Crippen LogP contribution in [0.25, 0.3) is 0 Å². The number of hydrogen-bond donors (Lipinski definition) is 2. The number of nitrogens with one attached hydrogen (secondary N) is 2. The number of nitriles is 1. The molecule has 0 bridgehead atoms. The Hall–Kier alpha value is -1.93. The van der Waals surface area contributed by atoms with Gasteiger partial charge in [-0.1, -0.05) is 12.1 Å². The molecule has 90 valence electrons. The summed E-state index contributed by atoms with van der Waals surface area (Å²) < 4.78 is 12.9. The molecular weight excluding hydrogens is 221 g/mol. The molecule has 4 nitrogen and oxygen atoms in total. The van der Waals surface area contributed by atoms with E-state index in [-0.39, 0.29) is 30.9 Å². The van der Waals surface area contributed by atoms with E-state index in [1.807, 2.05) is 13.0 Å². The SMILES string of the molecule is CC(NCC(=O)NCC#N)c1cccc(F)c1. The second kappa shape index (κ2) is 6.61. The maximum atomic E-state index is 12.9. The molecule has 0 aromatic heterocycles. The molecule has 0 aliphatic rings. The minimum Gasteiger partial charge on any atom is -0.342 e. The second-order valence-corrected chi connectivity index (χ2v) is 3.59. The van der Waals surface area contributed by atoms with Crippen LogP contribution < -0.4 is 10.6 Å². The average molecular weight is 235 g/mol. The summed E-state index contributed by atoms with van der Waals surface area (Å²) in [4.78, 5) is 11.2. The van der Waals surface area contributed by atoms with Crippen LogP contribution in [0.4, 0.5) is 4.39 Å². The summed E-state index contributed by atoms with van der Waals surface area (Å²) in [5.41, 5.74) is 0.776. The number of amides is 1. The van der Waals surface area contributed by atoms with E-state index in [0.717, 1.165) is 5.56 Å².